The molecule has 1 amide bonds. The third-order valence-corrected chi connectivity index (χ3v) is 4.28. The zero-order valence-corrected chi connectivity index (χ0v) is 13.8. The maximum absolute atomic E-state index is 12.1. The van der Waals surface area contributed by atoms with Crippen LogP contribution >= 0.6 is 11.6 Å². The molecule has 0 radical (unpaired) electrons. The number of Topliss-reactive ketones (excluding diaryl/α,β-unsaturated/α-hetero) is 1. The van der Waals surface area contributed by atoms with Crippen molar-refractivity contribution in [1.82, 2.24) is 4.98 Å². The first-order valence-electron chi connectivity index (χ1n) is 7.53. The van der Waals surface area contributed by atoms with Gasteiger partial charge in [-0.15, -0.1) is 0 Å². The Morgan fingerprint density at radius 3 is 2.50 bits per heavy atom. The summed E-state index contributed by atoms with van der Waals surface area (Å²) in [5, 5.41) is 16.2. The number of ketones is 1. The second kappa shape index (κ2) is 5.82. The van der Waals surface area contributed by atoms with E-state index in [0.29, 0.717) is 27.3 Å². The summed E-state index contributed by atoms with van der Waals surface area (Å²) in [7, 11) is 0. The smallest absolute Gasteiger partial charge is 0.335 e. The van der Waals surface area contributed by atoms with Gasteiger partial charge in [-0.25, -0.2) is 9.78 Å². The first kappa shape index (κ1) is 16.0. The lowest BCUT2D eigenvalue weighted by Gasteiger charge is -2.12. The molecule has 0 saturated carbocycles. The van der Waals surface area contributed by atoms with Crippen LogP contribution in [0, 0.1) is 0 Å². The van der Waals surface area contributed by atoms with Crippen molar-refractivity contribution in [2.45, 2.75) is 0 Å². The van der Waals surface area contributed by atoms with Crippen LogP contribution in [0.15, 0.2) is 42.5 Å². The fraction of sp³-hybridized carbons (Fsp3) is 0. The zero-order valence-electron chi connectivity index (χ0n) is 13.0. The number of aromatic nitrogens is 1. The van der Waals surface area contributed by atoms with Gasteiger partial charge in [0.1, 0.15) is 11.6 Å². The van der Waals surface area contributed by atoms with Gasteiger partial charge in [0, 0.05) is 21.5 Å². The van der Waals surface area contributed by atoms with Gasteiger partial charge in [0.2, 0.25) is 0 Å². The molecule has 1 aliphatic rings. The normalized spacial score (nSPS) is 12.8. The number of carbonyl (C=O) groups excluding carboxylic acids is 2. The van der Waals surface area contributed by atoms with E-state index in [9.17, 15) is 19.5 Å². The Morgan fingerprint density at radius 2 is 1.81 bits per heavy atom. The number of nitrogens with zero attached hydrogens (tertiary/aromatic N) is 1. The number of halogens is 1. The third-order valence-electron chi connectivity index (χ3n) is 4.02. The average molecular weight is 368 g/mol. The van der Waals surface area contributed by atoms with Crippen LogP contribution in [0.2, 0.25) is 5.02 Å². The molecule has 4 rings (SSSR count). The molecule has 0 spiro atoms. The molecule has 26 heavy (non-hydrogen) atoms. The lowest BCUT2D eigenvalue weighted by atomic mass is 10.0. The Balaban J connectivity index is 1.95. The number of hydrogen-bond acceptors (Lipinski definition) is 5. The van der Waals surface area contributed by atoms with Gasteiger partial charge in [0.05, 0.1) is 11.1 Å². The fourth-order valence-corrected chi connectivity index (χ4v) is 2.94. The van der Waals surface area contributed by atoms with E-state index < -0.39 is 17.7 Å². The van der Waals surface area contributed by atoms with Gasteiger partial charge >= 0.3 is 5.97 Å². The number of carbonyl (C=O) groups is 3. The maximum atomic E-state index is 12.1. The van der Waals surface area contributed by atoms with Crippen molar-refractivity contribution in [2.24, 2.45) is 0 Å². The summed E-state index contributed by atoms with van der Waals surface area (Å²) in [6, 6.07) is 11.1. The molecule has 0 fully saturated rings. The van der Waals surface area contributed by atoms with E-state index in [-0.39, 0.29) is 16.9 Å². The maximum Gasteiger partial charge on any atom is 0.335 e. The summed E-state index contributed by atoms with van der Waals surface area (Å²) in [5.41, 5.74) is 0.853. The minimum absolute atomic E-state index is 0.0446. The van der Waals surface area contributed by atoms with Crippen molar-refractivity contribution in [1.29, 1.82) is 0 Å². The van der Waals surface area contributed by atoms with Crippen LogP contribution < -0.4 is 10.6 Å². The molecule has 0 unspecified atom stereocenters. The van der Waals surface area contributed by atoms with Gasteiger partial charge in [0.25, 0.3) is 11.7 Å². The summed E-state index contributed by atoms with van der Waals surface area (Å²) >= 11 is 5.88. The summed E-state index contributed by atoms with van der Waals surface area (Å²) in [4.78, 5) is 39.5. The number of anilines is 3. The van der Waals surface area contributed by atoms with Crippen LogP contribution in [0.25, 0.3) is 10.8 Å². The Morgan fingerprint density at radius 1 is 1.08 bits per heavy atom. The molecule has 1 aliphatic heterocycles. The highest BCUT2D eigenvalue weighted by atomic mass is 35.5. The lowest BCUT2D eigenvalue weighted by molar-refractivity contribution is -0.112. The number of rotatable bonds is 3. The standard InChI is InChI=1S/C18H10ClN3O4/c19-9-2-4-10(5-3-9)20-15-12-7-8(18(25)26)1-6-11(12)13-14(23)17(24)22-16(13)21-15/h1-7H,(H,25,26)(H2,20,21,22,23,24). The minimum atomic E-state index is -1.11. The zero-order chi connectivity index (χ0) is 18.4. The summed E-state index contributed by atoms with van der Waals surface area (Å²) in [6.45, 7) is 0. The van der Waals surface area contributed by atoms with Crippen LogP contribution in [-0.4, -0.2) is 27.8 Å². The largest absolute Gasteiger partial charge is 0.478 e. The van der Waals surface area contributed by atoms with Crippen molar-refractivity contribution in [3.05, 3.63) is 58.6 Å². The molecule has 3 aromatic rings. The monoisotopic (exact) mass is 367 g/mol. The van der Waals surface area contributed by atoms with Crippen LogP contribution in [0.1, 0.15) is 20.7 Å². The Bertz CT molecular complexity index is 1110. The Kier molecular flexibility index (Phi) is 3.59. The molecule has 0 atom stereocenters. The van der Waals surface area contributed by atoms with Crippen molar-refractivity contribution in [3.8, 4) is 0 Å². The second-order valence-corrected chi connectivity index (χ2v) is 6.10. The molecule has 0 aliphatic carbocycles. The molecule has 2 aromatic carbocycles. The molecular formula is C18H10ClN3O4. The van der Waals surface area contributed by atoms with Crippen molar-refractivity contribution >= 4 is 57.4 Å². The minimum Gasteiger partial charge on any atom is -0.478 e. The molecule has 7 nitrogen and oxygen atoms in total. The van der Waals surface area contributed by atoms with E-state index in [0.717, 1.165) is 0 Å². The summed E-state index contributed by atoms with van der Waals surface area (Å²) in [6.07, 6.45) is 0. The van der Waals surface area contributed by atoms with Gasteiger partial charge in [-0.2, -0.15) is 0 Å². The highest BCUT2D eigenvalue weighted by Gasteiger charge is 2.32. The van der Waals surface area contributed by atoms with Gasteiger partial charge in [-0.05, 0) is 36.4 Å². The van der Waals surface area contributed by atoms with Crippen molar-refractivity contribution in [2.75, 3.05) is 10.6 Å². The Hall–Kier alpha value is -3.45. The molecule has 3 N–H and O–H groups in total. The third kappa shape index (κ3) is 2.55. The van der Waals surface area contributed by atoms with Gasteiger partial charge in [0.15, 0.2) is 0 Å². The van der Waals surface area contributed by atoms with Crippen molar-refractivity contribution < 1.29 is 19.5 Å². The SMILES string of the molecule is O=C1Nc2nc(Nc3ccc(Cl)cc3)c3cc(C(=O)O)ccc3c2C1=O. The lowest BCUT2D eigenvalue weighted by Crippen LogP contribution is -2.12. The van der Waals surface area contributed by atoms with Crippen LogP contribution in [0.3, 0.4) is 0 Å². The molecule has 0 bridgehead atoms. The number of amides is 1. The van der Waals surface area contributed by atoms with Crippen LogP contribution in [-0.2, 0) is 4.79 Å². The first-order chi connectivity index (χ1) is 12.4. The number of nitrogens with one attached hydrogen (secondary N) is 2. The quantitative estimate of drug-likeness (QED) is 0.612. The van der Waals surface area contributed by atoms with E-state index in [1.165, 1.54) is 18.2 Å². The number of hydrogen-bond donors (Lipinski definition) is 3. The van der Waals surface area contributed by atoms with E-state index in [1.807, 2.05) is 0 Å². The molecule has 2 heterocycles. The van der Waals surface area contributed by atoms with E-state index in [4.69, 9.17) is 11.6 Å². The number of pyridine rings is 1. The summed E-state index contributed by atoms with van der Waals surface area (Å²) < 4.78 is 0. The molecular weight excluding hydrogens is 358 g/mol. The molecule has 128 valence electrons. The predicted molar refractivity (Wildman–Crippen MR) is 96.4 cm³/mol. The highest BCUT2D eigenvalue weighted by molar-refractivity contribution is 6.53. The number of aromatic carboxylic acids is 1. The number of benzene rings is 2. The highest BCUT2D eigenvalue weighted by Crippen LogP contribution is 2.35. The summed E-state index contributed by atoms with van der Waals surface area (Å²) in [5.74, 6) is -2.10. The average Bonchev–Trinajstić information content (AvgIpc) is 2.90. The van der Waals surface area contributed by atoms with E-state index in [1.54, 1.807) is 24.3 Å². The Labute approximate surface area is 151 Å². The molecule has 0 saturated heterocycles. The van der Waals surface area contributed by atoms with Gasteiger partial charge in [-0.1, -0.05) is 17.7 Å². The predicted octanol–water partition coefficient (Wildman–Crippen LogP) is 3.46. The van der Waals surface area contributed by atoms with Crippen LogP contribution in [0.4, 0.5) is 17.3 Å². The van der Waals surface area contributed by atoms with E-state index >= 15 is 0 Å². The molecule has 1 aromatic heterocycles. The number of carboxylic acid groups (broad SMARTS) is 1. The van der Waals surface area contributed by atoms with Gasteiger partial charge in [-0.3, -0.25) is 9.59 Å². The van der Waals surface area contributed by atoms with Crippen LogP contribution in [0.5, 0.6) is 0 Å². The topological polar surface area (TPSA) is 108 Å². The van der Waals surface area contributed by atoms with E-state index in [2.05, 4.69) is 15.6 Å². The number of fused-ring (bicyclic) bond motifs is 3. The fourth-order valence-electron chi connectivity index (χ4n) is 2.81. The van der Waals surface area contributed by atoms with Gasteiger partial charge < -0.3 is 15.7 Å². The van der Waals surface area contributed by atoms with Crippen molar-refractivity contribution in [3.63, 3.8) is 0 Å². The first-order valence-corrected chi connectivity index (χ1v) is 7.91. The number of carboxylic acids is 1. The second-order valence-electron chi connectivity index (χ2n) is 5.66. The molecule has 8 heteroatoms.